The number of hydrogen-bond donors (Lipinski definition) is 1. The fourth-order valence-electron chi connectivity index (χ4n) is 3.48. The van der Waals surface area contributed by atoms with E-state index in [-0.39, 0.29) is 5.92 Å². The number of primary amides is 1. The Morgan fingerprint density at radius 2 is 1.63 bits per heavy atom. The van der Waals surface area contributed by atoms with E-state index in [0.717, 1.165) is 16.8 Å². The first-order valence-corrected chi connectivity index (χ1v) is 8.97. The van der Waals surface area contributed by atoms with Crippen molar-refractivity contribution in [2.45, 2.75) is 12.8 Å². The number of fused-ring (bicyclic) bond motifs is 1. The summed E-state index contributed by atoms with van der Waals surface area (Å²) in [5, 5.41) is 2.49. The second kappa shape index (κ2) is 7.04. The summed E-state index contributed by atoms with van der Waals surface area (Å²) in [6.07, 6.45) is 1.84. The highest BCUT2D eigenvalue weighted by molar-refractivity contribution is 5.93. The molecule has 3 nitrogen and oxygen atoms in total. The van der Waals surface area contributed by atoms with Crippen molar-refractivity contribution in [3.8, 4) is 11.1 Å². The minimum Gasteiger partial charge on any atom is -0.366 e. The molecule has 0 aliphatic heterocycles. The number of amides is 1. The Labute approximate surface area is 158 Å². The highest BCUT2D eigenvalue weighted by Crippen LogP contribution is 2.31. The lowest BCUT2D eigenvalue weighted by atomic mass is 9.91. The van der Waals surface area contributed by atoms with Crippen LogP contribution in [0.25, 0.3) is 21.9 Å². The minimum atomic E-state index is -0.415. The van der Waals surface area contributed by atoms with Gasteiger partial charge in [0.25, 0.3) is 0 Å². The van der Waals surface area contributed by atoms with Gasteiger partial charge >= 0.3 is 0 Å². The van der Waals surface area contributed by atoms with E-state index in [1.54, 1.807) is 12.1 Å². The largest absolute Gasteiger partial charge is 0.366 e. The molecule has 4 rings (SSSR count). The fraction of sp³-hybridized carbons (Fsp3) is 0.0833. The number of hydrogen-bond acceptors (Lipinski definition) is 2. The lowest BCUT2D eigenvalue weighted by molar-refractivity contribution is 0.100. The van der Waals surface area contributed by atoms with Gasteiger partial charge in [-0.05, 0) is 51.7 Å². The zero-order valence-electron chi connectivity index (χ0n) is 15.1. The summed E-state index contributed by atoms with van der Waals surface area (Å²) >= 11 is 0. The van der Waals surface area contributed by atoms with Gasteiger partial charge in [0.15, 0.2) is 0 Å². The lowest BCUT2D eigenvalue weighted by Crippen LogP contribution is -2.10. The van der Waals surface area contributed by atoms with Gasteiger partial charge in [0.05, 0.1) is 0 Å². The number of pyridine rings is 1. The number of rotatable bonds is 4. The Kier molecular flexibility index (Phi) is 4.43. The molecule has 1 aromatic heterocycles. The number of aromatic nitrogens is 1. The van der Waals surface area contributed by atoms with Gasteiger partial charge in [-0.3, -0.25) is 9.78 Å². The zero-order valence-corrected chi connectivity index (χ0v) is 15.1. The van der Waals surface area contributed by atoms with E-state index in [4.69, 9.17) is 5.73 Å². The molecule has 3 aromatic carbocycles. The lowest BCUT2D eigenvalue weighted by Gasteiger charge is -2.15. The average molecular weight is 352 g/mol. The van der Waals surface area contributed by atoms with Gasteiger partial charge in [0.1, 0.15) is 0 Å². The standard InChI is InChI=1S/C24H20N2O/c1-16(21-8-4-6-18-5-2-3-7-22(18)21)23-15-20(13-14-26-23)17-9-11-19(12-10-17)24(25)27/h2-16H,1H3,(H2,25,27)/t16-/m1/s1. The maximum Gasteiger partial charge on any atom is 0.248 e. The van der Waals surface area contributed by atoms with Crippen molar-refractivity contribution in [3.05, 3.63) is 102 Å². The fourth-order valence-corrected chi connectivity index (χ4v) is 3.48. The summed E-state index contributed by atoms with van der Waals surface area (Å²) in [5.41, 5.74) is 10.2. The van der Waals surface area contributed by atoms with Crippen molar-refractivity contribution in [1.29, 1.82) is 0 Å². The molecule has 132 valence electrons. The molecule has 0 unspecified atom stereocenters. The molecule has 0 aliphatic carbocycles. The maximum atomic E-state index is 11.3. The Morgan fingerprint density at radius 1 is 0.889 bits per heavy atom. The monoisotopic (exact) mass is 352 g/mol. The second-order valence-electron chi connectivity index (χ2n) is 6.70. The van der Waals surface area contributed by atoms with E-state index in [1.807, 2.05) is 24.4 Å². The van der Waals surface area contributed by atoms with Crippen LogP contribution in [0, 0.1) is 0 Å². The number of carbonyl (C=O) groups excluding carboxylic acids is 1. The molecule has 0 fully saturated rings. The van der Waals surface area contributed by atoms with E-state index < -0.39 is 5.91 Å². The molecule has 1 amide bonds. The Morgan fingerprint density at radius 3 is 2.41 bits per heavy atom. The molecule has 27 heavy (non-hydrogen) atoms. The molecule has 1 atom stereocenters. The number of nitrogens with two attached hydrogens (primary N) is 1. The third-order valence-electron chi connectivity index (χ3n) is 5.02. The normalized spacial score (nSPS) is 12.0. The summed E-state index contributed by atoms with van der Waals surface area (Å²) in [7, 11) is 0. The van der Waals surface area contributed by atoms with Crippen LogP contribution in [0.2, 0.25) is 0 Å². The number of nitrogens with zero attached hydrogens (tertiary/aromatic N) is 1. The molecule has 0 spiro atoms. The van der Waals surface area contributed by atoms with Crippen LogP contribution in [0.5, 0.6) is 0 Å². The van der Waals surface area contributed by atoms with Crippen LogP contribution in [-0.2, 0) is 0 Å². The van der Waals surface area contributed by atoms with E-state index in [1.165, 1.54) is 16.3 Å². The molecule has 0 aliphatic rings. The van der Waals surface area contributed by atoms with Crippen LogP contribution in [0.4, 0.5) is 0 Å². The van der Waals surface area contributed by atoms with Gasteiger partial charge in [-0.1, -0.05) is 61.5 Å². The van der Waals surface area contributed by atoms with Gasteiger partial charge in [-0.2, -0.15) is 0 Å². The third kappa shape index (κ3) is 3.32. The molecular formula is C24H20N2O. The summed E-state index contributed by atoms with van der Waals surface area (Å²) < 4.78 is 0. The van der Waals surface area contributed by atoms with Crippen molar-refractivity contribution < 1.29 is 4.79 Å². The average Bonchev–Trinajstić information content (AvgIpc) is 2.73. The predicted octanol–water partition coefficient (Wildman–Crippen LogP) is 5.15. The molecule has 3 heteroatoms. The van der Waals surface area contributed by atoms with Crippen molar-refractivity contribution in [2.75, 3.05) is 0 Å². The second-order valence-corrected chi connectivity index (χ2v) is 6.70. The Hall–Kier alpha value is -3.46. The maximum absolute atomic E-state index is 11.3. The topological polar surface area (TPSA) is 56.0 Å². The highest BCUT2D eigenvalue weighted by Gasteiger charge is 2.14. The molecule has 2 N–H and O–H groups in total. The smallest absolute Gasteiger partial charge is 0.248 e. The minimum absolute atomic E-state index is 0.168. The first-order valence-electron chi connectivity index (χ1n) is 8.97. The van der Waals surface area contributed by atoms with Crippen molar-refractivity contribution in [3.63, 3.8) is 0 Å². The van der Waals surface area contributed by atoms with Gasteiger partial charge in [-0.25, -0.2) is 0 Å². The van der Waals surface area contributed by atoms with Gasteiger partial charge in [-0.15, -0.1) is 0 Å². The van der Waals surface area contributed by atoms with Crippen molar-refractivity contribution >= 4 is 16.7 Å². The van der Waals surface area contributed by atoms with Crippen molar-refractivity contribution in [1.82, 2.24) is 4.98 Å². The van der Waals surface area contributed by atoms with Crippen LogP contribution in [-0.4, -0.2) is 10.9 Å². The van der Waals surface area contributed by atoms with Crippen LogP contribution in [0.15, 0.2) is 85.1 Å². The molecule has 0 bridgehead atoms. The van der Waals surface area contributed by atoms with E-state index in [2.05, 4.69) is 60.4 Å². The molecular weight excluding hydrogens is 332 g/mol. The van der Waals surface area contributed by atoms with Crippen LogP contribution >= 0.6 is 0 Å². The first-order chi connectivity index (χ1) is 13.1. The van der Waals surface area contributed by atoms with Gasteiger partial charge in [0, 0.05) is 23.4 Å². The molecule has 4 aromatic rings. The highest BCUT2D eigenvalue weighted by atomic mass is 16.1. The molecule has 0 radical (unpaired) electrons. The zero-order chi connectivity index (χ0) is 18.8. The molecule has 0 saturated heterocycles. The molecule has 1 heterocycles. The summed E-state index contributed by atoms with van der Waals surface area (Å²) in [4.78, 5) is 15.9. The Balaban J connectivity index is 1.72. The van der Waals surface area contributed by atoms with Crippen LogP contribution in [0.3, 0.4) is 0 Å². The van der Waals surface area contributed by atoms with Gasteiger partial charge < -0.3 is 5.73 Å². The van der Waals surface area contributed by atoms with Crippen molar-refractivity contribution in [2.24, 2.45) is 5.73 Å². The van der Waals surface area contributed by atoms with Crippen LogP contribution in [0.1, 0.15) is 34.5 Å². The predicted molar refractivity (Wildman–Crippen MR) is 110 cm³/mol. The quantitative estimate of drug-likeness (QED) is 0.552. The first kappa shape index (κ1) is 17.0. The summed E-state index contributed by atoms with van der Waals surface area (Å²) in [5.74, 6) is -0.248. The van der Waals surface area contributed by atoms with E-state index in [0.29, 0.717) is 5.56 Å². The number of carbonyl (C=O) groups is 1. The summed E-state index contributed by atoms with van der Waals surface area (Å²) in [6.45, 7) is 2.18. The van der Waals surface area contributed by atoms with E-state index >= 15 is 0 Å². The third-order valence-corrected chi connectivity index (χ3v) is 5.02. The molecule has 0 saturated carbocycles. The van der Waals surface area contributed by atoms with Gasteiger partial charge in [0.2, 0.25) is 5.91 Å². The van der Waals surface area contributed by atoms with E-state index in [9.17, 15) is 4.79 Å². The van der Waals surface area contributed by atoms with Crippen LogP contribution < -0.4 is 5.73 Å². The number of benzene rings is 3. The Bertz CT molecular complexity index is 1110. The summed E-state index contributed by atoms with van der Waals surface area (Å²) in [6, 6.07) is 26.3. The SMILES string of the molecule is C[C@@H](c1cc(-c2ccc(C(N)=O)cc2)ccn1)c1cccc2ccccc12.